The van der Waals surface area contributed by atoms with E-state index >= 15 is 0 Å². The molecule has 1 aromatic carbocycles. The van der Waals surface area contributed by atoms with E-state index in [2.05, 4.69) is 10.3 Å². The third-order valence-corrected chi connectivity index (χ3v) is 3.29. The van der Waals surface area contributed by atoms with E-state index in [1.165, 1.54) is 6.20 Å². The molecule has 0 radical (unpaired) electrons. The minimum atomic E-state index is -0.283. The van der Waals surface area contributed by atoms with Gasteiger partial charge < -0.3 is 16.8 Å². The van der Waals surface area contributed by atoms with E-state index in [1.807, 2.05) is 0 Å². The molecule has 5 N–H and O–H groups in total. The molecule has 1 aromatic rings. The van der Waals surface area contributed by atoms with Crippen molar-refractivity contribution >= 4 is 39.5 Å². The van der Waals surface area contributed by atoms with Crippen molar-refractivity contribution in [3.63, 3.8) is 0 Å². The minimum absolute atomic E-state index is 0.282. The maximum atomic E-state index is 12.0. The summed E-state index contributed by atoms with van der Waals surface area (Å²) in [4.78, 5) is 16.6. The Morgan fingerprint density at radius 3 is 2.89 bits per heavy atom. The average molecular weight is 299 g/mol. The van der Waals surface area contributed by atoms with Gasteiger partial charge in [0.2, 0.25) is 0 Å². The minimum Gasteiger partial charge on any atom is -0.404 e. The van der Waals surface area contributed by atoms with Crippen molar-refractivity contribution in [1.29, 1.82) is 0 Å². The summed E-state index contributed by atoms with van der Waals surface area (Å²) in [6.45, 7) is 0.282. The third-order valence-electron chi connectivity index (χ3n) is 2.32. The Balaban J connectivity index is 2.78. The van der Waals surface area contributed by atoms with Crippen LogP contribution >= 0.6 is 21.7 Å². The van der Waals surface area contributed by atoms with E-state index < -0.39 is 0 Å². The number of halogens is 1. The van der Waals surface area contributed by atoms with Crippen LogP contribution < -0.4 is 16.8 Å². The molecule has 7 heteroatoms. The van der Waals surface area contributed by atoms with Crippen LogP contribution in [0, 0.1) is 0 Å². The number of amides is 1. The van der Waals surface area contributed by atoms with Crippen LogP contribution in [0.4, 0.5) is 5.69 Å². The van der Waals surface area contributed by atoms with Crippen molar-refractivity contribution in [2.75, 3.05) is 19.3 Å². The quantitative estimate of drug-likeness (QED) is 0.570. The van der Waals surface area contributed by atoms with Crippen molar-refractivity contribution in [2.45, 2.75) is 4.90 Å². The van der Waals surface area contributed by atoms with Gasteiger partial charge in [-0.1, -0.05) is 0 Å². The van der Waals surface area contributed by atoms with E-state index in [0.717, 1.165) is 15.9 Å². The summed E-state index contributed by atoms with van der Waals surface area (Å²) in [7, 11) is 8.31. The van der Waals surface area contributed by atoms with E-state index in [-0.39, 0.29) is 12.5 Å². The van der Waals surface area contributed by atoms with E-state index in [0.29, 0.717) is 16.8 Å². The molecule has 0 atom stereocenters. The fourth-order valence-corrected chi connectivity index (χ4v) is 1.94. The second-order valence-electron chi connectivity index (χ2n) is 3.64. The second kappa shape index (κ2) is 7.70. The molecule has 19 heavy (non-hydrogen) atoms. The molecule has 0 unspecified atom stereocenters. The number of aliphatic imine (C=N–C) groups is 1. The molecule has 0 bridgehead atoms. The number of rotatable bonds is 5. The third kappa shape index (κ3) is 4.50. The molecule has 0 aliphatic heterocycles. The summed E-state index contributed by atoms with van der Waals surface area (Å²) in [5.74, 6) is -0.283. The lowest BCUT2D eigenvalue weighted by Crippen LogP contribution is -2.27. The zero-order chi connectivity index (χ0) is 14.3. The fourth-order valence-electron chi connectivity index (χ4n) is 1.37. The Labute approximate surface area is 120 Å². The molecular formula is C12H15ClN4OS. The van der Waals surface area contributed by atoms with Gasteiger partial charge >= 0.3 is 0 Å². The molecule has 0 saturated heterocycles. The number of hydrogen-bond acceptors (Lipinski definition) is 5. The molecule has 0 aliphatic rings. The van der Waals surface area contributed by atoms with Crippen molar-refractivity contribution in [1.82, 2.24) is 5.32 Å². The van der Waals surface area contributed by atoms with Crippen LogP contribution in [0.1, 0.15) is 10.4 Å². The van der Waals surface area contributed by atoms with Crippen LogP contribution in [0.5, 0.6) is 0 Å². The van der Waals surface area contributed by atoms with Crippen LogP contribution in [-0.2, 0) is 0 Å². The van der Waals surface area contributed by atoms with Crippen molar-refractivity contribution in [2.24, 2.45) is 10.7 Å². The maximum absolute atomic E-state index is 12.0. The Kier molecular flexibility index (Phi) is 6.24. The zero-order valence-corrected chi connectivity index (χ0v) is 12.0. The molecule has 0 aromatic heterocycles. The van der Waals surface area contributed by atoms with E-state index in [1.54, 1.807) is 31.5 Å². The molecular weight excluding hydrogens is 284 g/mol. The highest BCUT2D eigenvalue weighted by Gasteiger charge is 2.10. The largest absolute Gasteiger partial charge is 0.404 e. The number of nitrogens with zero attached hydrogens (tertiary/aromatic N) is 1. The lowest BCUT2D eigenvalue weighted by Gasteiger charge is -2.08. The summed E-state index contributed by atoms with van der Waals surface area (Å²) < 4.78 is 0. The smallest absolute Gasteiger partial charge is 0.253 e. The first kappa shape index (κ1) is 15.4. The average Bonchev–Trinajstić information content (AvgIpc) is 2.43. The first-order valence-electron chi connectivity index (χ1n) is 5.41. The standard InChI is InChI=1S/C12H15ClN4OS/c1-16-6-8(5-14)7-17-12(18)10-4-9(19-13)2-3-11(10)15/h2-6H,7,14-15H2,1H3,(H,17,18)/b8-5+,16-6?. The van der Waals surface area contributed by atoms with Gasteiger partial charge in [-0.2, -0.15) is 0 Å². The van der Waals surface area contributed by atoms with Gasteiger partial charge in [-0.05, 0) is 39.9 Å². The molecule has 1 rings (SSSR count). The Morgan fingerprint density at radius 1 is 1.58 bits per heavy atom. The highest BCUT2D eigenvalue weighted by Crippen LogP contribution is 2.25. The normalized spacial score (nSPS) is 11.8. The van der Waals surface area contributed by atoms with E-state index in [4.69, 9.17) is 22.1 Å². The fraction of sp³-hybridized carbons (Fsp3) is 0.167. The molecule has 0 aliphatic carbocycles. The predicted molar refractivity (Wildman–Crippen MR) is 81.6 cm³/mol. The van der Waals surface area contributed by atoms with Crippen LogP contribution in [0.25, 0.3) is 0 Å². The number of hydrogen-bond donors (Lipinski definition) is 3. The number of anilines is 1. The van der Waals surface area contributed by atoms with Crippen LogP contribution in [0.3, 0.4) is 0 Å². The van der Waals surface area contributed by atoms with Gasteiger partial charge in [0.1, 0.15) is 0 Å². The molecule has 0 fully saturated rings. The zero-order valence-electron chi connectivity index (χ0n) is 10.4. The van der Waals surface area contributed by atoms with Crippen LogP contribution in [-0.4, -0.2) is 25.7 Å². The number of nitrogens with two attached hydrogens (primary N) is 2. The number of carbonyl (C=O) groups excluding carboxylic acids is 1. The van der Waals surface area contributed by atoms with Gasteiger partial charge in [-0.3, -0.25) is 9.79 Å². The Hall–Kier alpha value is -1.66. The molecule has 0 saturated carbocycles. The lowest BCUT2D eigenvalue weighted by atomic mass is 10.1. The molecule has 0 spiro atoms. The van der Waals surface area contributed by atoms with Crippen LogP contribution in [0.2, 0.25) is 0 Å². The number of benzene rings is 1. The summed E-state index contributed by atoms with van der Waals surface area (Å²) in [5.41, 5.74) is 12.7. The molecule has 102 valence electrons. The maximum Gasteiger partial charge on any atom is 0.253 e. The van der Waals surface area contributed by atoms with Crippen molar-refractivity contribution in [3.05, 3.63) is 35.5 Å². The summed E-state index contributed by atoms with van der Waals surface area (Å²) >= 11 is 0. The highest BCUT2D eigenvalue weighted by molar-refractivity contribution is 8.21. The Morgan fingerprint density at radius 2 is 2.32 bits per heavy atom. The van der Waals surface area contributed by atoms with Gasteiger partial charge in [-0.15, -0.1) is 0 Å². The van der Waals surface area contributed by atoms with Gasteiger partial charge in [-0.25, -0.2) is 0 Å². The summed E-state index contributed by atoms with van der Waals surface area (Å²) in [5, 5.41) is 2.72. The highest BCUT2D eigenvalue weighted by atomic mass is 35.7. The second-order valence-corrected chi connectivity index (χ2v) is 4.73. The van der Waals surface area contributed by atoms with Gasteiger partial charge in [0, 0.05) is 42.2 Å². The molecule has 0 heterocycles. The van der Waals surface area contributed by atoms with Crippen molar-refractivity contribution in [3.8, 4) is 0 Å². The number of nitrogen functional groups attached to an aromatic ring is 1. The van der Waals surface area contributed by atoms with Crippen LogP contribution in [0.15, 0.2) is 39.9 Å². The number of nitrogens with one attached hydrogen (secondary N) is 1. The molecule has 5 nitrogen and oxygen atoms in total. The Bertz CT molecular complexity index is 516. The topological polar surface area (TPSA) is 93.5 Å². The first-order valence-corrected chi connectivity index (χ1v) is 7.06. The van der Waals surface area contributed by atoms with Crippen molar-refractivity contribution < 1.29 is 4.79 Å². The lowest BCUT2D eigenvalue weighted by molar-refractivity contribution is 0.0958. The van der Waals surface area contributed by atoms with Gasteiger partial charge in [0.15, 0.2) is 0 Å². The summed E-state index contributed by atoms with van der Waals surface area (Å²) in [6.07, 6.45) is 2.97. The monoisotopic (exact) mass is 298 g/mol. The molecule has 1 amide bonds. The predicted octanol–water partition coefficient (Wildman–Crippen LogP) is 1.79. The van der Waals surface area contributed by atoms with E-state index in [9.17, 15) is 4.79 Å². The first-order chi connectivity index (χ1) is 9.12. The van der Waals surface area contributed by atoms with Gasteiger partial charge in [0.25, 0.3) is 5.91 Å². The SMILES string of the molecule is CN=C/C(=C\N)CNC(=O)c1cc(SCl)ccc1N. The van der Waals surface area contributed by atoms with Gasteiger partial charge in [0.05, 0.1) is 5.56 Å². The number of carbonyl (C=O) groups is 1. The summed E-state index contributed by atoms with van der Waals surface area (Å²) in [6, 6.07) is 5.04.